The maximum Gasteiger partial charge on any atom is 0.319 e. The second kappa shape index (κ2) is 5.97. The summed E-state index contributed by atoms with van der Waals surface area (Å²) in [4.78, 5) is 19.9. The molecule has 0 aliphatic heterocycles. The molecule has 0 radical (unpaired) electrons. The molecule has 2 rings (SSSR count). The lowest BCUT2D eigenvalue weighted by molar-refractivity contribution is 0.0506. The van der Waals surface area contributed by atoms with Crippen LogP contribution in [-0.4, -0.2) is 33.3 Å². The zero-order valence-corrected chi connectivity index (χ0v) is 11.1. The first-order chi connectivity index (χ1) is 9.11. The number of carbonyl (C=O) groups excluding carboxylic acids is 1. The topological polar surface area (TPSA) is 87.1 Å². The maximum absolute atomic E-state index is 11.7. The fraction of sp³-hybridized carbons (Fsp3) is 0.615. The summed E-state index contributed by atoms with van der Waals surface area (Å²) in [5.74, 6) is 0.742. The third-order valence-corrected chi connectivity index (χ3v) is 3.39. The molecule has 6 nitrogen and oxygen atoms in total. The van der Waals surface area contributed by atoms with Crippen LogP contribution in [0.25, 0.3) is 0 Å². The van der Waals surface area contributed by atoms with Crippen LogP contribution >= 0.6 is 0 Å². The fourth-order valence-corrected chi connectivity index (χ4v) is 2.23. The third kappa shape index (κ3) is 3.89. The Bertz CT molecular complexity index is 427. The molecule has 19 heavy (non-hydrogen) atoms. The molecular formula is C13H20N4O2. The molecule has 0 unspecified atom stereocenters. The van der Waals surface area contributed by atoms with Crippen LogP contribution in [0.1, 0.15) is 38.4 Å². The van der Waals surface area contributed by atoms with E-state index in [1.165, 1.54) is 0 Å². The molecule has 1 aliphatic rings. The van der Waals surface area contributed by atoms with E-state index in [9.17, 15) is 9.90 Å². The second-order valence-corrected chi connectivity index (χ2v) is 4.98. The summed E-state index contributed by atoms with van der Waals surface area (Å²) in [6.07, 6.45) is 7.46. The number of rotatable bonds is 4. The standard InChI is InChI=1S/C13H20N4O2/c1-2-11-14-7-10(8-15-11)17-12(18)16-9-13(19)5-3-4-6-13/h7-8,19H,2-6,9H2,1H3,(H2,16,17,18). The van der Waals surface area contributed by atoms with Crippen LogP contribution in [0.3, 0.4) is 0 Å². The molecule has 3 N–H and O–H groups in total. The van der Waals surface area contributed by atoms with Crippen LogP contribution < -0.4 is 10.6 Å². The Kier molecular flexibility index (Phi) is 4.31. The predicted molar refractivity (Wildman–Crippen MR) is 71.8 cm³/mol. The number of nitrogens with zero attached hydrogens (tertiary/aromatic N) is 2. The highest BCUT2D eigenvalue weighted by Crippen LogP contribution is 2.28. The molecule has 0 aromatic carbocycles. The Labute approximate surface area is 112 Å². The van der Waals surface area contributed by atoms with Crippen molar-refractivity contribution in [1.82, 2.24) is 15.3 Å². The van der Waals surface area contributed by atoms with Crippen molar-refractivity contribution < 1.29 is 9.90 Å². The van der Waals surface area contributed by atoms with Gasteiger partial charge in [-0.25, -0.2) is 14.8 Å². The second-order valence-electron chi connectivity index (χ2n) is 4.98. The first kappa shape index (κ1) is 13.7. The quantitative estimate of drug-likeness (QED) is 0.768. The zero-order valence-electron chi connectivity index (χ0n) is 11.1. The highest BCUT2D eigenvalue weighted by Gasteiger charge is 2.31. The fourth-order valence-electron chi connectivity index (χ4n) is 2.23. The molecule has 6 heteroatoms. The van der Waals surface area contributed by atoms with Gasteiger partial charge >= 0.3 is 6.03 Å². The summed E-state index contributed by atoms with van der Waals surface area (Å²) in [6.45, 7) is 2.25. The molecule has 1 aliphatic carbocycles. The molecule has 0 atom stereocenters. The lowest BCUT2D eigenvalue weighted by Gasteiger charge is -2.22. The van der Waals surface area contributed by atoms with Gasteiger partial charge in [-0.3, -0.25) is 0 Å². The minimum absolute atomic E-state index is 0.284. The van der Waals surface area contributed by atoms with E-state index < -0.39 is 5.60 Å². The minimum Gasteiger partial charge on any atom is -0.388 e. The van der Waals surface area contributed by atoms with Crippen molar-refractivity contribution in [2.45, 2.75) is 44.6 Å². The van der Waals surface area contributed by atoms with Gasteiger partial charge in [-0.15, -0.1) is 0 Å². The van der Waals surface area contributed by atoms with Gasteiger partial charge in [-0.1, -0.05) is 19.8 Å². The molecule has 0 bridgehead atoms. The van der Waals surface area contributed by atoms with E-state index in [-0.39, 0.29) is 12.6 Å². The first-order valence-corrected chi connectivity index (χ1v) is 6.69. The summed E-state index contributed by atoms with van der Waals surface area (Å²) >= 11 is 0. The summed E-state index contributed by atoms with van der Waals surface area (Å²) in [5, 5.41) is 15.4. The van der Waals surface area contributed by atoms with E-state index in [1.807, 2.05) is 6.92 Å². The highest BCUT2D eigenvalue weighted by atomic mass is 16.3. The molecular weight excluding hydrogens is 244 g/mol. The molecule has 104 valence electrons. The molecule has 1 saturated carbocycles. The number of carbonyl (C=O) groups is 1. The first-order valence-electron chi connectivity index (χ1n) is 6.69. The Morgan fingerprint density at radius 1 is 1.37 bits per heavy atom. The van der Waals surface area contributed by atoms with Gasteiger partial charge in [0.05, 0.1) is 23.7 Å². The van der Waals surface area contributed by atoms with Crippen LogP contribution in [-0.2, 0) is 6.42 Å². The summed E-state index contributed by atoms with van der Waals surface area (Å²) < 4.78 is 0. The molecule has 1 heterocycles. The summed E-state index contributed by atoms with van der Waals surface area (Å²) in [6, 6.07) is -0.340. The van der Waals surface area contributed by atoms with E-state index >= 15 is 0 Å². The van der Waals surface area contributed by atoms with E-state index in [0.717, 1.165) is 37.9 Å². The molecule has 1 aromatic rings. The number of aromatic nitrogens is 2. The number of urea groups is 1. The number of amides is 2. The van der Waals surface area contributed by atoms with Crippen LogP contribution in [0, 0.1) is 0 Å². The lowest BCUT2D eigenvalue weighted by atomic mass is 10.0. The number of anilines is 1. The largest absolute Gasteiger partial charge is 0.388 e. The van der Waals surface area contributed by atoms with Gasteiger partial charge in [0.15, 0.2) is 0 Å². The van der Waals surface area contributed by atoms with E-state index in [0.29, 0.717) is 5.69 Å². The van der Waals surface area contributed by atoms with Crippen molar-refractivity contribution in [1.29, 1.82) is 0 Å². The summed E-state index contributed by atoms with van der Waals surface area (Å²) in [7, 11) is 0. The van der Waals surface area contributed by atoms with Crippen molar-refractivity contribution in [2.24, 2.45) is 0 Å². The van der Waals surface area contributed by atoms with Crippen LogP contribution in [0.15, 0.2) is 12.4 Å². The molecule has 2 amide bonds. The van der Waals surface area contributed by atoms with Crippen LogP contribution in [0.2, 0.25) is 0 Å². The number of aliphatic hydroxyl groups is 1. The SMILES string of the molecule is CCc1ncc(NC(=O)NCC2(O)CCCC2)cn1. The normalized spacial score (nSPS) is 17.2. The number of hydrogen-bond donors (Lipinski definition) is 3. The molecule has 1 fully saturated rings. The molecule has 0 saturated heterocycles. The Hall–Kier alpha value is -1.69. The molecule has 1 aromatic heterocycles. The van der Waals surface area contributed by atoms with Gasteiger partial charge in [-0.05, 0) is 12.8 Å². The average molecular weight is 264 g/mol. The Morgan fingerprint density at radius 3 is 2.58 bits per heavy atom. The van der Waals surface area contributed by atoms with E-state index in [2.05, 4.69) is 20.6 Å². The lowest BCUT2D eigenvalue weighted by Crippen LogP contribution is -2.42. The smallest absolute Gasteiger partial charge is 0.319 e. The van der Waals surface area contributed by atoms with Crippen molar-refractivity contribution in [3.05, 3.63) is 18.2 Å². The van der Waals surface area contributed by atoms with Crippen molar-refractivity contribution in [3.63, 3.8) is 0 Å². The maximum atomic E-state index is 11.7. The van der Waals surface area contributed by atoms with Gasteiger partial charge < -0.3 is 15.7 Å². The van der Waals surface area contributed by atoms with Crippen LogP contribution in [0.4, 0.5) is 10.5 Å². The van der Waals surface area contributed by atoms with E-state index in [4.69, 9.17) is 0 Å². The highest BCUT2D eigenvalue weighted by molar-refractivity contribution is 5.88. The monoisotopic (exact) mass is 264 g/mol. The van der Waals surface area contributed by atoms with Crippen molar-refractivity contribution in [2.75, 3.05) is 11.9 Å². The van der Waals surface area contributed by atoms with Crippen LogP contribution in [0.5, 0.6) is 0 Å². The Balaban J connectivity index is 1.80. The van der Waals surface area contributed by atoms with Gasteiger partial charge in [0.2, 0.25) is 0 Å². The molecule has 0 spiro atoms. The number of aryl methyl sites for hydroxylation is 1. The van der Waals surface area contributed by atoms with Gasteiger partial charge in [0.25, 0.3) is 0 Å². The van der Waals surface area contributed by atoms with E-state index in [1.54, 1.807) is 12.4 Å². The van der Waals surface area contributed by atoms with Crippen molar-refractivity contribution >= 4 is 11.7 Å². The zero-order chi connectivity index (χ0) is 13.7. The number of hydrogen-bond acceptors (Lipinski definition) is 4. The predicted octanol–water partition coefficient (Wildman–Crippen LogP) is 1.47. The average Bonchev–Trinajstić information content (AvgIpc) is 2.85. The summed E-state index contributed by atoms with van der Waals surface area (Å²) in [5.41, 5.74) is -0.187. The minimum atomic E-state index is -0.736. The van der Waals surface area contributed by atoms with Crippen molar-refractivity contribution in [3.8, 4) is 0 Å². The van der Waals surface area contributed by atoms with Gasteiger partial charge in [0.1, 0.15) is 5.82 Å². The van der Waals surface area contributed by atoms with Gasteiger partial charge in [0, 0.05) is 13.0 Å². The Morgan fingerprint density at radius 2 is 2.00 bits per heavy atom. The van der Waals surface area contributed by atoms with Gasteiger partial charge in [-0.2, -0.15) is 0 Å². The third-order valence-electron chi connectivity index (χ3n) is 3.39. The number of nitrogens with one attached hydrogen (secondary N) is 2.